The van der Waals surface area contributed by atoms with E-state index in [0.29, 0.717) is 0 Å². The number of allylic oxidation sites excluding steroid dienone is 2. The summed E-state index contributed by atoms with van der Waals surface area (Å²) in [5, 5.41) is 20.9. The van der Waals surface area contributed by atoms with Gasteiger partial charge in [-0.05, 0) is 35.9 Å². The number of phenols is 1. The number of amides is 1. The van der Waals surface area contributed by atoms with Crippen molar-refractivity contribution in [3.8, 4) is 11.8 Å². The molecule has 0 radical (unpaired) electrons. The van der Waals surface area contributed by atoms with Crippen molar-refractivity contribution in [2.75, 3.05) is 0 Å². The molecule has 1 aromatic carbocycles. The zero-order valence-corrected chi connectivity index (χ0v) is 12.3. The van der Waals surface area contributed by atoms with Gasteiger partial charge in [0.1, 0.15) is 17.4 Å². The monoisotopic (exact) mass is 305 g/mol. The topological polar surface area (TPSA) is 86.0 Å². The highest BCUT2D eigenvalue weighted by Gasteiger charge is 2.07. The molecule has 1 aromatic heterocycles. The van der Waals surface area contributed by atoms with Crippen molar-refractivity contribution >= 4 is 12.0 Å². The van der Waals surface area contributed by atoms with Crippen molar-refractivity contribution in [1.29, 1.82) is 5.26 Å². The number of aromatic hydroxyl groups is 1. The van der Waals surface area contributed by atoms with Gasteiger partial charge in [0.15, 0.2) is 0 Å². The highest BCUT2D eigenvalue weighted by Crippen LogP contribution is 2.11. The molecule has 0 saturated heterocycles. The molecule has 0 bridgehead atoms. The fourth-order valence-corrected chi connectivity index (χ4v) is 1.77. The molecule has 0 unspecified atom stereocenters. The van der Waals surface area contributed by atoms with Crippen molar-refractivity contribution in [3.05, 3.63) is 77.6 Å². The number of carbonyl (C=O) groups excluding carboxylic acids is 1. The summed E-state index contributed by atoms with van der Waals surface area (Å²) in [6.07, 6.45) is 6.44. The van der Waals surface area contributed by atoms with Crippen LogP contribution in [0.25, 0.3) is 6.08 Å². The molecule has 0 aliphatic heterocycles. The number of aromatic nitrogens is 1. The van der Waals surface area contributed by atoms with Gasteiger partial charge in [0.05, 0.1) is 12.2 Å². The van der Waals surface area contributed by atoms with Gasteiger partial charge in [0.25, 0.3) is 5.91 Å². The molecule has 0 saturated carbocycles. The van der Waals surface area contributed by atoms with E-state index in [0.717, 1.165) is 11.3 Å². The summed E-state index contributed by atoms with van der Waals surface area (Å²) in [7, 11) is 0. The number of pyridine rings is 1. The molecule has 0 aliphatic rings. The molecule has 2 N–H and O–H groups in total. The lowest BCUT2D eigenvalue weighted by atomic mass is 10.2. The predicted molar refractivity (Wildman–Crippen MR) is 86.9 cm³/mol. The molecule has 1 heterocycles. The first-order chi connectivity index (χ1) is 11.2. The van der Waals surface area contributed by atoms with Crippen LogP contribution >= 0.6 is 0 Å². The van der Waals surface area contributed by atoms with Crippen LogP contribution < -0.4 is 5.32 Å². The highest BCUT2D eigenvalue weighted by molar-refractivity contribution is 5.97. The Labute approximate surface area is 134 Å². The van der Waals surface area contributed by atoms with Crippen LogP contribution in [0.2, 0.25) is 0 Å². The van der Waals surface area contributed by atoms with Gasteiger partial charge >= 0.3 is 0 Å². The molecule has 5 heteroatoms. The van der Waals surface area contributed by atoms with E-state index >= 15 is 0 Å². The number of nitrogens with one attached hydrogen (secondary N) is 1. The molecule has 5 nitrogen and oxygen atoms in total. The highest BCUT2D eigenvalue weighted by atomic mass is 16.3. The standard InChI is InChI=1S/C18H15N3O2/c19-12-15(5-3-4-14-7-9-17(22)10-8-14)18(23)21-13-16-6-1-2-11-20-16/h1-11,22H,13H2,(H,21,23)/b4-3+,15-5+. The van der Waals surface area contributed by atoms with Crippen LogP contribution in [0, 0.1) is 11.3 Å². The van der Waals surface area contributed by atoms with Crippen molar-refractivity contribution in [3.63, 3.8) is 0 Å². The summed E-state index contributed by atoms with van der Waals surface area (Å²) in [6, 6.07) is 13.9. The molecular weight excluding hydrogens is 290 g/mol. The second-order valence-electron chi connectivity index (χ2n) is 4.65. The van der Waals surface area contributed by atoms with Gasteiger partial charge in [0.2, 0.25) is 0 Å². The third-order valence-corrected chi connectivity index (χ3v) is 2.97. The number of hydrogen-bond acceptors (Lipinski definition) is 4. The number of phenolic OH excluding ortho intramolecular Hbond substituents is 1. The number of nitrogens with zero attached hydrogens (tertiary/aromatic N) is 2. The number of hydrogen-bond donors (Lipinski definition) is 2. The van der Waals surface area contributed by atoms with E-state index in [-0.39, 0.29) is 17.9 Å². The van der Waals surface area contributed by atoms with Crippen LogP contribution in [0.1, 0.15) is 11.3 Å². The van der Waals surface area contributed by atoms with E-state index in [1.807, 2.05) is 12.1 Å². The maximum Gasteiger partial charge on any atom is 0.262 e. The fraction of sp³-hybridized carbons (Fsp3) is 0.0556. The van der Waals surface area contributed by atoms with Crippen LogP contribution in [0.3, 0.4) is 0 Å². The minimum Gasteiger partial charge on any atom is -0.508 e. The Bertz CT molecular complexity index is 757. The van der Waals surface area contributed by atoms with Crippen molar-refractivity contribution in [1.82, 2.24) is 10.3 Å². The summed E-state index contributed by atoms with van der Waals surface area (Å²) in [4.78, 5) is 16.0. The van der Waals surface area contributed by atoms with Gasteiger partial charge in [-0.3, -0.25) is 9.78 Å². The van der Waals surface area contributed by atoms with Gasteiger partial charge in [-0.15, -0.1) is 0 Å². The van der Waals surface area contributed by atoms with Gasteiger partial charge < -0.3 is 10.4 Å². The summed E-state index contributed by atoms with van der Waals surface area (Å²) >= 11 is 0. The molecule has 2 aromatic rings. The average molecular weight is 305 g/mol. The molecule has 0 spiro atoms. The molecule has 1 amide bonds. The molecule has 114 valence electrons. The van der Waals surface area contributed by atoms with Gasteiger partial charge in [0, 0.05) is 6.20 Å². The van der Waals surface area contributed by atoms with E-state index in [1.54, 1.807) is 54.7 Å². The number of nitriles is 1. The van der Waals surface area contributed by atoms with E-state index in [4.69, 9.17) is 5.26 Å². The predicted octanol–water partition coefficient (Wildman–Crippen LogP) is 2.57. The molecular formula is C18H15N3O2. The maximum absolute atomic E-state index is 11.9. The molecule has 0 aliphatic carbocycles. The normalized spacial score (nSPS) is 11.2. The Morgan fingerprint density at radius 2 is 2.04 bits per heavy atom. The number of rotatable bonds is 5. The third-order valence-electron chi connectivity index (χ3n) is 2.97. The first-order valence-electron chi connectivity index (χ1n) is 6.94. The first-order valence-corrected chi connectivity index (χ1v) is 6.94. The molecule has 0 fully saturated rings. The van der Waals surface area contributed by atoms with Crippen LogP contribution in [-0.4, -0.2) is 16.0 Å². The van der Waals surface area contributed by atoms with E-state index < -0.39 is 5.91 Å². The first kappa shape index (κ1) is 16.0. The summed E-state index contributed by atoms with van der Waals surface area (Å²) in [6.45, 7) is 0.264. The minimum atomic E-state index is -0.450. The summed E-state index contributed by atoms with van der Waals surface area (Å²) in [5.41, 5.74) is 1.58. The number of carbonyl (C=O) groups is 1. The Kier molecular flexibility index (Phi) is 5.67. The molecule has 2 rings (SSSR count). The zero-order valence-electron chi connectivity index (χ0n) is 12.3. The summed E-state index contributed by atoms with van der Waals surface area (Å²) < 4.78 is 0. The SMILES string of the molecule is N#C/C(=C\C=C\c1ccc(O)cc1)C(=O)NCc1ccccn1. The van der Waals surface area contributed by atoms with Crippen LogP contribution in [0.4, 0.5) is 0 Å². The lowest BCUT2D eigenvalue weighted by Gasteiger charge is -2.02. The van der Waals surface area contributed by atoms with Crippen molar-refractivity contribution < 1.29 is 9.90 Å². The van der Waals surface area contributed by atoms with Gasteiger partial charge in [-0.1, -0.05) is 30.4 Å². The van der Waals surface area contributed by atoms with Gasteiger partial charge in [-0.2, -0.15) is 5.26 Å². The van der Waals surface area contributed by atoms with Gasteiger partial charge in [-0.25, -0.2) is 0 Å². The van der Waals surface area contributed by atoms with Crippen LogP contribution in [0.15, 0.2) is 66.4 Å². The van der Waals surface area contributed by atoms with E-state index in [9.17, 15) is 9.90 Å². The van der Waals surface area contributed by atoms with Crippen LogP contribution in [-0.2, 0) is 11.3 Å². The lowest BCUT2D eigenvalue weighted by Crippen LogP contribution is -2.24. The average Bonchev–Trinajstić information content (AvgIpc) is 2.59. The molecule has 0 atom stereocenters. The second kappa shape index (κ2) is 8.15. The summed E-state index contributed by atoms with van der Waals surface area (Å²) in [5.74, 6) is -0.266. The third kappa shape index (κ3) is 5.14. The second-order valence-corrected chi connectivity index (χ2v) is 4.65. The van der Waals surface area contributed by atoms with Crippen molar-refractivity contribution in [2.45, 2.75) is 6.54 Å². The lowest BCUT2D eigenvalue weighted by molar-refractivity contribution is -0.117. The van der Waals surface area contributed by atoms with E-state index in [1.165, 1.54) is 6.08 Å². The Balaban J connectivity index is 1.96. The Morgan fingerprint density at radius 3 is 2.70 bits per heavy atom. The minimum absolute atomic E-state index is 0.0101. The van der Waals surface area contributed by atoms with Crippen molar-refractivity contribution in [2.24, 2.45) is 0 Å². The van der Waals surface area contributed by atoms with Crippen LogP contribution in [0.5, 0.6) is 5.75 Å². The zero-order chi connectivity index (χ0) is 16.5. The largest absolute Gasteiger partial charge is 0.508 e. The van der Waals surface area contributed by atoms with E-state index in [2.05, 4.69) is 10.3 Å². The maximum atomic E-state index is 11.9. The Morgan fingerprint density at radius 1 is 1.26 bits per heavy atom. The smallest absolute Gasteiger partial charge is 0.262 e. The quantitative estimate of drug-likeness (QED) is 0.505. The number of benzene rings is 1. The fourth-order valence-electron chi connectivity index (χ4n) is 1.77. The Hall–Kier alpha value is -3.39. The molecule has 23 heavy (non-hydrogen) atoms.